The van der Waals surface area contributed by atoms with E-state index in [4.69, 9.17) is 5.14 Å². The van der Waals surface area contributed by atoms with Crippen LogP contribution in [0.3, 0.4) is 0 Å². The summed E-state index contributed by atoms with van der Waals surface area (Å²) in [5.74, 6) is -0.370. The van der Waals surface area contributed by atoms with Crippen LogP contribution in [-0.2, 0) is 14.8 Å². The smallest absolute Gasteiger partial charge is 0.371 e. The Labute approximate surface area is 99.4 Å². The zero-order valence-corrected chi connectivity index (χ0v) is 10.7. The fourth-order valence-electron chi connectivity index (χ4n) is 1.51. The first kappa shape index (κ1) is 16.7. The van der Waals surface area contributed by atoms with Crippen molar-refractivity contribution in [3.63, 3.8) is 0 Å². The summed E-state index contributed by atoms with van der Waals surface area (Å²) < 4.78 is 62.3. The van der Waals surface area contributed by atoms with Crippen LogP contribution in [-0.4, -0.2) is 33.6 Å². The summed E-state index contributed by atoms with van der Waals surface area (Å²) in [5, 5.41) is 4.92. The van der Waals surface area contributed by atoms with Gasteiger partial charge in [-0.15, -0.1) is 0 Å². The van der Waals surface area contributed by atoms with Gasteiger partial charge in [-0.1, -0.05) is 13.8 Å². The summed E-state index contributed by atoms with van der Waals surface area (Å²) in [6, 6.07) is 0. The van der Waals surface area contributed by atoms with Gasteiger partial charge in [-0.2, -0.15) is 13.2 Å². The predicted molar refractivity (Wildman–Crippen MR) is 57.9 cm³/mol. The van der Waals surface area contributed by atoms with Crippen LogP contribution in [0.2, 0.25) is 0 Å². The Bertz CT molecular complexity index is 323. The first-order valence-corrected chi connectivity index (χ1v) is 6.90. The number of alkyl halides is 3. The molecule has 8 heteroatoms. The third-order valence-corrected chi connectivity index (χ3v) is 3.70. The Kier molecular flexibility index (Phi) is 5.89. The number of hydrogen-bond acceptors (Lipinski definition) is 3. The monoisotopic (exact) mass is 277 g/mol. The number of hydrogen-bond donors (Lipinski definition) is 1. The van der Waals surface area contributed by atoms with Crippen molar-refractivity contribution in [2.24, 2.45) is 10.6 Å². The van der Waals surface area contributed by atoms with Crippen molar-refractivity contribution in [2.75, 3.05) is 19.0 Å². The quantitative estimate of drug-likeness (QED) is 0.769. The van der Waals surface area contributed by atoms with Crippen molar-refractivity contribution < 1.29 is 26.3 Å². The van der Waals surface area contributed by atoms with Crippen LogP contribution >= 0.6 is 0 Å². The second-order valence-electron chi connectivity index (χ2n) is 4.12. The second kappa shape index (κ2) is 6.01. The molecule has 0 spiro atoms. The van der Waals surface area contributed by atoms with Gasteiger partial charge in [-0.05, 0) is 12.8 Å². The van der Waals surface area contributed by atoms with Crippen molar-refractivity contribution in [3.05, 3.63) is 0 Å². The normalized spacial score (nSPS) is 14.0. The van der Waals surface area contributed by atoms with Gasteiger partial charge in [-0.25, -0.2) is 13.6 Å². The van der Waals surface area contributed by atoms with Crippen molar-refractivity contribution in [1.82, 2.24) is 0 Å². The molecule has 0 saturated carbocycles. The van der Waals surface area contributed by atoms with Gasteiger partial charge in [-0.3, -0.25) is 0 Å². The van der Waals surface area contributed by atoms with E-state index in [1.807, 2.05) is 0 Å². The first-order chi connectivity index (χ1) is 7.54. The highest BCUT2D eigenvalue weighted by Gasteiger charge is 2.34. The Hall–Kier alpha value is -0.340. The zero-order chi connectivity index (χ0) is 13.7. The Morgan fingerprint density at radius 2 is 1.59 bits per heavy atom. The van der Waals surface area contributed by atoms with Crippen LogP contribution in [0.4, 0.5) is 13.2 Å². The highest BCUT2D eigenvalue weighted by Crippen LogP contribution is 2.29. The number of sulfonamides is 1. The molecule has 0 unspecified atom stereocenters. The Balaban J connectivity index is 4.52. The van der Waals surface area contributed by atoms with Crippen molar-refractivity contribution in [1.29, 1.82) is 0 Å². The minimum Gasteiger partial charge on any atom is -0.371 e. The fraction of sp³-hybridized carbons (Fsp3) is 1.00. The van der Waals surface area contributed by atoms with Gasteiger partial charge in [0.25, 0.3) is 0 Å². The van der Waals surface area contributed by atoms with E-state index in [-0.39, 0.29) is 12.4 Å². The summed E-state index contributed by atoms with van der Waals surface area (Å²) in [6.45, 7) is 1.76. The molecule has 0 rings (SSSR count). The van der Waals surface area contributed by atoms with Crippen molar-refractivity contribution in [3.8, 4) is 0 Å². The van der Waals surface area contributed by atoms with Gasteiger partial charge >= 0.3 is 6.18 Å². The van der Waals surface area contributed by atoms with E-state index in [9.17, 15) is 21.6 Å². The number of nitrogens with two attached hydrogens (primary N) is 1. The number of halogens is 3. The molecule has 0 aliphatic heterocycles. The summed E-state index contributed by atoms with van der Waals surface area (Å²) in [5.41, 5.74) is -0.848. The molecule has 2 N–H and O–H groups in total. The molecule has 0 bridgehead atoms. The number of ether oxygens (including phenoxy) is 1. The Morgan fingerprint density at radius 1 is 1.12 bits per heavy atom. The maximum Gasteiger partial charge on any atom is 0.411 e. The maximum absolute atomic E-state index is 11.9. The molecule has 0 radical (unpaired) electrons. The molecular formula is C9H18F3NO3S. The SMILES string of the molecule is CCC(CC)(COCC(F)(F)F)CS(N)(=O)=O. The van der Waals surface area contributed by atoms with Crippen LogP contribution in [0, 0.1) is 5.41 Å². The fourth-order valence-corrected chi connectivity index (χ4v) is 2.86. The minimum atomic E-state index is -4.41. The topological polar surface area (TPSA) is 69.4 Å². The molecule has 17 heavy (non-hydrogen) atoms. The predicted octanol–water partition coefficient (Wildman–Crippen LogP) is 1.66. The highest BCUT2D eigenvalue weighted by molar-refractivity contribution is 7.89. The minimum absolute atomic E-state index is 0.268. The number of rotatable bonds is 7. The third-order valence-electron chi connectivity index (χ3n) is 2.68. The van der Waals surface area contributed by atoms with Crippen molar-refractivity contribution >= 4 is 10.0 Å². The van der Waals surface area contributed by atoms with Crippen LogP contribution < -0.4 is 5.14 Å². The maximum atomic E-state index is 11.9. The molecule has 0 aromatic rings. The molecule has 0 heterocycles. The molecule has 0 aromatic carbocycles. The third kappa shape index (κ3) is 7.56. The lowest BCUT2D eigenvalue weighted by molar-refractivity contribution is -0.180. The zero-order valence-electron chi connectivity index (χ0n) is 9.88. The van der Waals surface area contributed by atoms with Crippen LogP contribution in [0.15, 0.2) is 0 Å². The second-order valence-corrected chi connectivity index (χ2v) is 5.74. The molecule has 0 amide bonds. The van der Waals surface area contributed by atoms with Gasteiger partial charge in [0.05, 0.1) is 12.4 Å². The highest BCUT2D eigenvalue weighted by atomic mass is 32.2. The van der Waals surface area contributed by atoms with E-state index in [0.717, 1.165) is 0 Å². The van der Waals surface area contributed by atoms with Gasteiger partial charge < -0.3 is 4.74 Å². The van der Waals surface area contributed by atoms with Gasteiger partial charge in [0.1, 0.15) is 6.61 Å². The van der Waals surface area contributed by atoms with Gasteiger partial charge in [0.15, 0.2) is 0 Å². The molecule has 0 aliphatic rings. The average molecular weight is 277 g/mol. The van der Waals surface area contributed by atoms with E-state index < -0.39 is 28.2 Å². The van der Waals surface area contributed by atoms with Crippen LogP contribution in [0.1, 0.15) is 26.7 Å². The van der Waals surface area contributed by atoms with Crippen LogP contribution in [0.5, 0.6) is 0 Å². The van der Waals surface area contributed by atoms with Gasteiger partial charge in [0, 0.05) is 5.41 Å². The van der Waals surface area contributed by atoms with E-state index in [1.54, 1.807) is 13.8 Å². The van der Waals surface area contributed by atoms with E-state index >= 15 is 0 Å². The molecule has 4 nitrogen and oxygen atoms in total. The molecule has 0 aliphatic carbocycles. The first-order valence-electron chi connectivity index (χ1n) is 5.18. The van der Waals surface area contributed by atoms with Crippen molar-refractivity contribution in [2.45, 2.75) is 32.9 Å². The van der Waals surface area contributed by atoms with Crippen LogP contribution in [0.25, 0.3) is 0 Å². The summed E-state index contributed by atoms with van der Waals surface area (Å²) in [4.78, 5) is 0. The standard InChI is InChI=1S/C9H18F3NO3S/c1-3-8(4-2,7-17(13,14)15)5-16-6-9(10,11)12/h3-7H2,1-2H3,(H2,13,14,15). The molecule has 0 aromatic heterocycles. The molecule has 104 valence electrons. The summed E-state index contributed by atoms with van der Waals surface area (Å²) >= 11 is 0. The largest absolute Gasteiger partial charge is 0.411 e. The molecule has 0 atom stereocenters. The number of primary sulfonamides is 1. The van der Waals surface area contributed by atoms with E-state index in [1.165, 1.54) is 0 Å². The molecular weight excluding hydrogens is 259 g/mol. The summed E-state index contributed by atoms with van der Waals surface area (Å²) in [7, 11) is -3.73. The average Bonchev–Trinajstić information content (AvgIpc) is 2.12. The molecule has 0 fully saturated rings. The Morgan fingerprint density at radius 3 is 1.88 bits per heavy atom. The van der Waals surface area contributed by atoms with E-state index in [0.29, 0.717) is 12.8 Å². The van der Waals surface area contributed by atoms with Gasteiger partial charge in [0.2, 0.25) is 10.0 Å². The van der Waals surface area contributed by atoms with E-state index in [2.05, 4.69) is 4.74 Å². The lowest BCUT2D eigenvalue weighted by atomic mass is 9.85. The lowest BCUT2D eigenvalue weighted by Crippen LogP contribution is -2.37. The molecule has 0 saturated heterocycles. The summed E-state index contributed by atoms with van der Waals surface area (Å²) in [6.07, 6.45) is -3.63. The lowest BCUT2D eigenvalue weighted by Gasteiger charge is -2.30.